The van der Waals surface area contributed by atoms with E-state index in [0.717, 1.165) is 5.92 Å². The SMILES string of the molecule is C1=CC2CCC3C=CCCC3N3c4ccncc4C(=C1)C23. The van der Waals surface area contributed by atoms with Crippen molar-refractivity contribution in [3.05, 3.63) is 54.4 Å². The molecule has 4 atom stereocenters. The molecule has 0 saturated carbocycles. The average Bonchev–Trinajstić information content (AvgIpc) is 2.78. The highest BCUT2D eigenvalue weighted by Gasteiger charge is 2.46. The average molecular weight is 276 g/mol. The number of nitrogens with zero attached hydrogens (tertiary/aromatic N) is 2. The summed E-state index contributed by atoms with van der Waals surface area (Å²) in [6, 6.07) is 3.45. The van der Waals surface area contributed by atoms with Gasteiger partial charge in [0.05, 0.1) is 6.04 Å². The van der Waals surface area contributed by atoms with Gasteiger partial charge in [0.15, 0.2) is 0 Å². The number of pyridine rings is 1. The van der Waals surface area contributed by atoms with Gasteiger partial charge in [0.2, 0.25) is 0 Å². The van der Waals surface area contributed by atoms with Crippen molar-refractivity contribution in [3.63, 3.8) is 0 Å². The third-order valence-corrected chi connectivity index (χ3v) is 5.74. The van der Waals surface area contributed by atoms with Gasteiger partial charge in [0, 0.05) is 35.6 Å². The summed E-state index contributed by atoms with van der Waals surface area (Å²) in [7, 11) is 0. The topological polar surface area (TPSA) is 16.1 Å². The molecule has 2 nitrogen and oxygen atoms in total. The second-order valence-electron chi connectivity index (χ2n) is 6.73. The predicted octanol–water partition coefficient (Wildman–Crippen LogP) is 3.97. The maximum atomic E-state index is 4.38. The molecule has 21 heavy (non-hydrogen) atoms. The van der Waals surface area contributed by atoms with E-state index in [1.165, 1.54) is 42.5 Å². The van der Waals surface area contributed by atoms with E-state index in [9.17, 15) is 0 Å². The van der Waals surface area contributed by atoms with Crippen molar-refractivity contribution in [1.29, 1.82) is 0 Å². The van der Waals surface area contributed by atoms with Crippen LogP contribution in [0.25, 0.3) is 5.57 Å². The van der Waals surface area contributed by atoms with E-state index >= 15 is 0 Å². The smallest absolute Gasteiger partial charge is 0.0615 e. The highest BCUT2D eigenvalue weighted by Crippen LogP contribution is 2.51. The normalized spacial score (nSPS) is 35.6. The van der Waals surface area contributed by atoms with Gasteiger partial charge >= 0.3 is 0 Å². The van der Waals surface area contributed by atoms with Crippen LogP contribution in [0.4, 0.5) is 5.69 Å². The summed E-state index contributed by atoms with van der Waals surface area (Å²) in [6.07, 6.45) is 21.1. The fourth-order valence-electron chi connectivity index (χ4n) is 4.86. The van der Waals surface area contributed by atoms with Crippen LogP contribution in [0.2, 0.25) is 0 Å². The number of fused-ring (bicyclic) bond motifs is 5. The highest BCUT2D eigenvalue weighted by molar-refractivity contribution is 5.89. The van der Waals surface area contributed by atoms with E-state index in [0.29, 0.717) is 18.0 Å². The van der Waals surface area contributed by atoms with Crippen LogP contribution in [0, 0.1) is 11.8 Å². The molecule has 2 aliphatic carbocycles. The number of hydrogen-bond acceptors (Lipinski definition) is 2. The fourth-order valence-corrected chi connectivity index (χ4v) is 4.86. The van der Waals surface area contributed by atoms with Crippen LogP contribution in [0.5, 0.6) is 0 Å². The predicted molar refractivity (Wildman–Crippen MR) is 86.0 cm³/mol. The highest BCUT2D eigenvalue weighted by atomic mass is 15.2. The van der Waals surface area contributed by atoms with Gasteiger partial charge in [-0.2, -0.15) is 0 Å². The Balaban J connectivity index is 1.72. The Morgan fingerprint density at radius 2 is 2.05 bits per heavy atom. The molecule has 0 bridgehead atoms. The van der Waals surface area contributed by atoms with E-state index < -0.39 is 0 Å². The van der Waals surface area contributed by atoms with Crippen LogP contribution in [0.15, 0.2) is 48.8 Å². The molecule has 1 fully saturated rings. The van der Waals surface area contributed by atoms with E-state index in [4.69, 9.17) is 0 Å². The van der Waals surface area contributed by atoms with Gasteiger partial charge < -0.3 is 4.90 Å². The summed E-state index contributed by atoms with van der Waals surface area (Å²) in [5.74, 6) is 1.38. The van der Waals surface area contributed by atoms with Gasteiger partial charge in [-0.15, -0.1) is 0 Å². The molecule has 0 spiro atoms. The van der Waals surface area contributed by atoms with Gasteiger partial charge in [0.1, 0.15) is 0 Å². The van der Waals surface area contributed by atoms with Crippen LogP contribution < -0.4 is 4.90 Å². The Labute approximate surface area is 125 Å². The Morgan fingerprint density at radius 1 is 1.10 bits per heavy atom. The second kappa shape index (κ2) is 4.33. The summed E-state index contributed by atoms with van der Waals surface area (Å²) in [4.78, 5) is 7.13. The maximum absolute atomic E-state index is 4.38. The standard InChI is InChI=1S/C19H20N2/c1-2-7-17-13(4-1)8-9-14-5-3-6-15-16-12-20-11-10-18(16)21(17)19(14)15/h1,3-6,10-14,17,19H,2,7-9H2. The molecule has 2 heteroatoms. The van der Waals surface area contributed by atoms with Crippen molar-refractivity contribution < 1.29 is 0 Å². The lowest BCUT2D eigenvalue weighted by Crippen LogP contribution is -2.46. The molecular weight excluding hydrogens is 256 g/mol. The molecule has 0 aromatic carbocycles. The Kier molecular flexibility index (Phi) is 2.43. The molecule has 1 aromatic rings. The molecule has 0 radical (unpaired) electrons. The number of rotatable bonds is 0. The minimum atomic E-state index is 0.552. The molecule has 2 aliphatic heterocycles. The lowest BCUT2D eigenvalue weighted by Gasteiger charge is -2.40. The molecule has 0 amide bonds. The molecule has 1 saturated heterocycles. The maximum Gasteiger partial charge on any atom is 0.0615 e. The third kappa shape index (κ3) is 1.56. The molecular formula is C19H20N2. The first-order valence-electron chi connectivity index (χ1n) is 8.21. The van der Waals surface area contributed by atoms with Crippen LogP contribution >= 0.6 is 0 Å². The summed E-state index contributed by atoms with van der Waals surface area (Å²) in [5.41, 5.74) is 4.29. The van der Waals surface area contributed by atoms with Gasteiger partial charge in [-0.25, -0.2) is 0 Å². The Bertz CT molecular complexity index is 670. The first-order valence-corrected chi connectivity index (χ1v) is 8.21. The third-order valence-electron chi connectivity index (χ3n) is 5.74. The minimum absolute atomic E-state index is 0.552. The monoisotopic (exact) mass is 276 g/mol. The van der Waals surface area contributed by atoms with Crippen LogP contribution in [0.1, 0.15) is 31.2 Å². The van der Waals surface area contributed by atoms with Crippen LogP contribution in [-0.4, -0.2) is 17.1 Å². The van der Waals surface area contributed by atoms with Gasteiger partial charge in [0.25, 0.3) is 0 Å². The van der Waals surface area contributed by atoms with E-state index in [-0.39, 0.29) is 0 Å². The number of hydrogen-bond donors (Lipinski definition) is 0. The van der Waals surface area contributed by atoms with Gasteiger partial charge in [-0.1, -0.05) is 30.4 Å². The second-order valence-corrected chi connectivity index (χ2v) is 6.73. The van der Waals surface area contributed by atoms with E-state index in [1.54, 1.807) is 0 Å². The van der Waals surface area contributed by atoms with Crippen molar-refractivity contribution in [3.8, 4) is 0 Å². The van der Waals surface area contributed by atoms with Gasteiger partial charge in [-0.3, -0.25) is 4.98 Å². The van der Waals surface area contributed by atoms with Crippen molar-refractivity contribution in [2.45, 2.75) is 37.8 Å². The lowest BCUT2D eigenvalue weighted by atomic mass is 9.84. The Hall–Kier alpha value is -1.83. The number of allylic oxidation sites excluding steroid dienone is 3. The molecule has 5 rings (SSSR count). The summed E-state index contributed by atoms with van der Waals surface area (Å²) in [6.45, 7) is 0. The number of anilines is 1. The molecule has 4 aliphatic rings. The van der Waals surface area contributed by atoms with Crippen LogP contribution in [-0.2, 0) is 0 Å². The van der Waals surface area contributed by atoms with Crippen molar-refractivity contribution in [2.75, 3.05) is 4.90 Å². The molecule has 1 aromatic heterocycles. The quantitative estimate of drug-likeness (QED) is 0.667. The molecule has 0 N–H and O–H groups in total. The molecule has 4 unspecified atom stereocenters. The lowest BCUT2D eigenvalue weighted by molar-refractivity contribution is 0.424. The largest absolute Gasteiger partial charge is 0.360 e. The summed E-state index contributed by atoms with van der Waals surface area (Å²) >= 11 is 0. The fraction of sp³-hybridized carbons (Fsp3) is 0.421. The van der Waals surface area contributed by atoms with Gasteiger partial charge in [-0.05, 0) is 43.2 Å². The zero-order valence-corrected chi connectivity index (χ0v) is 12.2. The van der Waals surface area contributed by atoms with Crippen LogP contribution in [0.3, 0.4) is 0 Å². The molecule has 3 heterocycles. The molecule has 106 valence electrons. The zero-order chi connectivity index (χ0) is 13.8. The minimum Gasteiger partial charge on any atom is -0.360 e. The van der Waals surface area contributed by atoms with Crippen molar-refractivity contribution >= 4 is 11.3 Å². The number of aromatic nitrogens is 1. The summed E-state index contributed by atoms with van der Waals surface area (Å²) < 4.78 is 0. The summed E-state index contributed by atoms with van der Waals surface area (Å²) in [5, 5.41) is 0. The first-order chi connectivity index (χ1) is 10.4. The van der Waals surface area contributed by atoms with E-state index in [1.807, 2.05) is 6.20 Å². The van der Waals surface area contributed by atoms with Crippen molar-refractivity contribution in [1.82, 2.24) is 4.98 Å². The Morgan fingerprint density at radius 3 is 3.05 bits per heavy atom. The van der Waals surface area contributed by atoms with E-state index in [2.05, 4.69) is 52.5 Å². The first kappa shape index (κ1) is 11.8. The zero-order valence-electron chi connectivity index (χ0n) is 12.2. The van der Waals surface area contributed by atoms with Crippen molar-refractivity contribution in [2.24, 2.45) is 11.8 Å².